The SMILES string of the molecule is Cc1cc(O)cc2oc(=O)c(C(=O)CCN3CCCCC3)cc12. The van der Waals surface area contributed by atoms with E-state index in [1.807, 2.05) is 6.92 Å². The van der Waals surface area contributed by atoms with Crippen molar-refractivity contribution in [3.8, 4) is 5.75 Å². The first-order valence-electron chi connectivity index (χ1n) is 8.07. The van der Waals surface area contributed by atoms with E-state index in [1.165, 1.54) is 25.3 Å². The van der Waals surface area contributed by atoms with Gasteiger partial charge in [-0.2, -0.15) is 0 Å². The fourth-order valence-corrected chi connectivity index (χ4v) is 3.15. The second-order valence-corrected chi connectivity index (χ2v) is 6.20. The van der Waals surface area contributed by atoms with E-state index in [1.54, 1.807) is 12.1 Å². The summed E-state index contributed by atoms with van der Waals surface area (Å²) in [6.07, 6.45) is 3.93. The van der Waals surface area contributed by atoms with Gasteiger partial charge in [0, 0.05) is 24.4 Å². The molecule has 1 saturated heterocycles. The number of phenols is 1. The minimum Gasteiger partial charge on any atom is -0.508 e. The van der Waals surface area contributed by atoms with Crippen LogP contribution in [0, 0.1) is 6.92 Å². The van der Waals surface area contributed by atoms with Gasteiger partial charge in [-0.3, -0.25) is 4.79 Å². The molecular formula is C18H21NO4. The van der Waals surface area contributed by atoms with E-state index in [-0.39, 0.29) is 17.1 Å². The number of aromatic hydroxyl groups is 1. The number of nitrogens with zero attached hydrogens (tertiary/aromatic N) is 1. The predicted molar refractivity (Wildman–Crippen MR) is 88.1 cm³/mol. The number of ketones is 1. The summed E-state index contributed by atoms with van der Waals surface area (Å²) in [6, 6.07) is 4.57. The van der Waals surface area contributed by atoms with Gasteiger partial charge in [-0.15, -0.1) is 0 Å². The Bertz CT molecular complexity index is 787. The zero-order valence-corrected chi connectivity index (χ0v) is 13.3. The van der Waals surface area contributed by atoms with Crippen LogP contribution in [0.25, 0.3) is 11.0 Å². The van der Waals surface area contributed by atoms with Gasteiger partial charge in [-0.1, -0.05) is 6.42 Å². The minimum atomic E-state index is -0.633. The van der Waals surface area contributed by atoms with Crippen molar-refractivity contribution in [2.75, 3.05) is 19.6 Å². The molecule has 1 aliphatic rings. The van der Waals surface area contributed by atoms with Crippen LogP contribution in [-0.4, -0.2) is 35.4 Å². The molecule has 0 aliphatic carbocycles. The van der Waals surface area contributed by atoms with Gasteiger partial charge in [0.1, 0.15) is 16.9 Å². The molecule has 0 bridgehead atoms. The maximum Gasteiger partial charge on any atom is 0.347 e. The average Bonchev–Trinajstić information content (AvgIpc) is 2.53. The summed E-state index contributed by atoms with van der Waals surface area (Å²) in [6.45, 7) is 4.55. The lowest BCUT2D eigenvalue weighted by molar-refractivity contribution is 0.0955. The molecule has 3 rings (SSSR count). The molecule has 1 fully saturated rings. The fraction of sp³-hybridized carbons (Fsp3) is 0.444. The summed E-state index contributed by atoms with van der Waals surface area (Å²) in [7, 11) is 0. The van der Waals surface area contributed by atoms with Gasteiger partial charge in [-0.05, 0) is 50.6 Å². The molecule has 2 heterocycles. The summed E-state index contributed by atoms with van der Waals surface area (Å²) in [5.74, 6) is -0.138. The summed E-state index contributed by atoms with van der Waals surface area (Å²) in [5.41, 5.74) is 0.545. The van der Waals surface area contributed by atoms with Crippen LogP contribution < -0.4 is 5.63 Å². The number of likely N-dealkylation sites (tertiary alicyclic amines) is 1. The van der Waals surface area contributed by atoms with E-state index in [2.05, 4.69) is 4.90 Å². The number of piperidine rings is 1. The van der Waals surface area contributed by atoms with Crippen molar-refractivity contribution in [3.05, 3.63) is 39.7 Å². The molecule has 0 amide bonds. The van der Waals surface area contributed by atoms with Gasteiger partial charge >= 0.3 is 5.63 Å². The molecule has 5 nitrogen and oxygen atoms in total. The van der Waals surface area contributed by atoms with Gasteiger partial charge in [0.15, 0.2) is 5.78 Å². The molecule has 2 aromatic rings. The van der Waals surface area contributed by atoms with Crippen LogP contribution in [0.4, 0.5) is 0 Å². The molecule has 122 valence electrons. The lowest BCUT2D eigenvalue weighted by Crippen LogP contribution is -2.32. The molecule has 0 unspecified atom stereocenters. The number of Topliss-reactive ketones (excluding diaryl/α,β-unsaturated/α-hetero) is 1. The first kappa shape index (κ1) is 15.7. The maximum atomic E-state index is 12.4. The predicted octanol–water partition coefficient (Wildman–Crippen LogP) is 2.87. The maximum absolute atomic E-state index is 12.4. The molecular weight excluding hydrogens is 294 g/mol. The standard InChI is InChI=1S/C18H21NO4/c1-12-9-13(20)10-17-14(12)11-15(18(22)23-17)16(21)5-8-19-6-3-2-4-7-19/h9-11,20H,2-8H2,1H3. The number of hydrogen-bond donors (Lipinski definition) is 1. The van der Waals surface area contributed by atoms with Gasteiger partial charge in [0.05, 0.1) is 0 Å². The van der Waals surface area contributed by atoms with Gasteiger partial charge in [0.25, 0.3) is 0 Å². The molecule has 0 atom stereocenters. The largest absolute Gasteiger partial charge is 0.508 e. The van der Waals surface area contributed by atoms with Crippen LogP contribution in [0.15, 0.2) is 27.4 Å². The average molecular weight is 315 g/mol. The van der Waals surface area contributed by atoms with Crippen molar-refractivity contribution in [2.45, 2.75) is 32.6 Å². The van der Waals surface area contributed by atoms with Crippen molar-refractivity contribution in [1.82, 2.24) is 4.90 Å². The van der Waals surface area contributed by atoms with E-state index in [0.717, 1.165) is 18.7 Å². The van der Waals surface area contributed by atoms with Crippen LogP contribution in [0.1, 0.15) is 41.6 Å². The third-order valence-corrected chi connectivity index (χ3v) is 4.45. The molecule has 23 heavy (non-hydrogen) atoms. The van der Waals surface area contributed by atoms with Crippen molar-refractivity contribution >= 4 is 16.8 Å². The summed E-state index contributed by atoms with van der Waals surface area (Å²) in [4.78, 5) is 26.7. The van der Waals surface area contributed by atoms with Gasteiger partial charge in [-0.25, -0.2) is 4.79 Å². The van der Waals surface area contributed by atoms with Gasteiger partial charge in [0.2, 0.25) is 0 Å². The minimum absolute atomic E-state index is 0.0438. The smallest absolute Gasteiger partial charge is 0.347 e. The topological polar surface area (TPSA) is 70.8 Å². The number of benzene rings is 1. The summed E-state index contributed by atoms with van der Waals surface area (Å²) >= 11 is 0. The molecule has 1 aromatic carbocycles. The van der Waals surface area contributed by atoms with Crippen LogP contribution in [-0.2, 0) is 0 Å². The Labute approximate surface area is 134 Å². The highest BCUT2D eigenvalue weighted by Crippen LogP contribution is 2.24. The highest BCUT2D eigenvalue weighted by atomic mass is 16.4. The summed E-state index contributed by atoms with van der Waals surface area (Å²) < 4.78 is 5.22. The fourth-order valence-electron chi connectivity index (χ4n) is 3.15. The lowest BCUT2D eigenvalue weighted by atomic mass is 10.0. The van der Waals surface area contributed by atoms with Crippen molar-refractivity contribution < 1.29 is 14.3 Å². The molecule has 5 heteroatoms. The monoisotopic (exact) mass is 315 g/mol. The number of rotatable bonds is 4. The van der Waals surface area contributed by atoms with Crippen molar-refractivity contribution in [2.24, 2.45) is 0 Å². The van der Waals surface area contributed by atoms with Crippen LogP contribution in [0.3, 0.4) is 0 Å². The lowest BCUT2D eigenvalue weighted by Gasteiger charge is -2.25. The first-order valence-corrected chi connectivity index (χ1v) is 8.07. The Kier molecular flexibility index (Phi) is 4.48. The van der Waals surface area contributed by atoms with E-state index in [0.29, 0.717) is 23.9 Å². The Morgan fingerprint density at radius 2 is 1.96 bits per heavy atom. The molecule has 1 aromatic heterocycles. The summed E-state index contributed by atoms with van der Waals surface area (Å²) in [5, 5.41) is 10.3. The van der Waals surface area contributed by atoms with Crippen molar-refractivity contribution in [1.29, 1.82) is 0 Å². The number of hydrogen-bond acceptors (Lipinski definition) is 5. The van der Waals surface area contributed by atoms with Gasteiger partial charge < -0.3 is 14.4 Å². The van der Waals surface area contributed by atoms with Crippen LogP contribution in [0.2, 0.25) is 0 Å². The Morgan fingerprint density at radius 3 is 2.70 bits per heavy atom. The number of fused-ring (bicyclic) bond motifs is 1. The second kappa shape index (κ2) is 6.54. The second-order valence-electron chi connectivity index (χ2n) is 6.20. The molecule has 1 N–H and O–H groups in total. The highest BCUT2D eigenvalue weighted by Gasteiger charge is 2.17. The number of aryl methyl sites for hydroxylation is 1. The highest BCUT2D eigenvalue weighted by molar-refractivity contribution is 5.98. The molecule has 0 spiro atoms. The Morgan fingerprint density at radius 1 is 1.22 bits per heavy atom. The molecule has 0 saturated carbocycles. The zero-order valence-electron chi connectivity index (χ0n) is 13.3. The number of carbonyl (C=O) groups is 1. The molecule has 0 radical (unpaired) electrons. The Balaban J connectivity index is 1.82. The van der Waals surface area contributed by atoms with Crippen LogP contribution in [0.5, 0.6) is 5.75 Å². The van der Waals surface area contributed by atoms with E-state index >= 15 is 0 Å². The third kappa shape index (κ3) is 3.45. The number of phenolic OH excluding ortho intramolecular Hbond substituents is 1. The zero-order chi connectivity index (χ0) is 16.4. The van der Waals surface area contributed by atoms with Crippen LogP contribution >= 0.6 is 0 Å². The molecule has 1 aliphatic heterocycles. The normalized spacial score (nSPS) is 15.9. The Hall–Kier alpha value is -2.14. The number of carbonyl (C=O) groups excluding carboxylic acids is 1. The first-order chi connectivity index (χ1) is 11.0. The quantitative estimate of drug-likeness (QED) is 0.694. The van der Waals surface area contributed by atoms with E-state index in [9.17, 15) is 14.7 Å². The van der Waals surface area contributed by atoms with E-state index < -0.39 is 5.63 Å². The third-order valence-electron chi connectivity index (χ3n) is 4.45. The van der Waals surface area contributed by atoms with E-state index in [4.69, 9.17) is 4.42 Å². The van der Waals surface area contributed by atoms with Crippen molar-refractivity contribution in [3.63, 3.8) is 0 Å².